The summed E-state index contributed by atoms with van der Waals surface area (Å²) in [5.74, 6) is 0.489. The average Bonchev–Trinajstić information content (AvgIpc) is 2.41. The highest BCUT2D eigenvalue weighted by atomic mass is 19.1. The SMILES string of the molecule is CCNC(=NCc1ccccc1F)NCCNC(C)(C)C. The first kappa shape index (κ1) is 17.4. The lowest BCUT2D eigenvalue weighted by Gasteiger charge is -2.21. The largest absolute Gasteiger partial charge is 0.357 e. The summed E-state index contributed by atoms with van der Waals surface area (Å²) >= 11 is 0. The Kier molecular flexibility index (Phi) is 7.15. The first-order chi connectivity index (χ1) is 9.92. The van der Waals surface area contributed by atoms with E-state index >= 15 is 0 Å². The third-order valence-electron chi connectivity index (χ3n) is 2.78. The second-order valence-corrected chi connectivity index (χ2v) is 5.89. The number of rotatable bonds is 6. The Hall–Kier alpha value is -1.62. The molecule has 1 aromatic carbocycles. The van der Waals surface area contributed by atoms with E-state index in [0.717, 1.165) is 19.6 Å². The first-order valence-corrected chi connectivity index (χ1v) is 7.43. The summed E-state index contributed by atoms with van der Waals surface area (Å²) in [6, 6.07) is 6.72. The normalized spacial score (nSPS) is 12.3. The summed E-state index contributed by atoms with van der Waals surface area (Å²) in [7, 11) is 0. The van der Waals surface area contributed by atoms with E-state index < -0.39 is 0 Å². The Morgan fingerprint density at radius 1 is 1.14 bits per heavy atom. The van der Waals surface area contributed by atoms with Crippen LogP contribution in [0.2, 0.25) is 0 Å². The van der Waals surface area contributed by atoms with Gasteiger partial charge in [0, 0.05) is 30.7 Å². The predicted octanol–water partition coefficient (Wildman–Crippen LogP) is 2.27. The highest BCUT2D eigenvalue weighted by Crippen LogP contribution is 2.07. The van der Waals surface area contributed by atoms with Crippen LogP contribution in [0.5, 0.6) is 0 Å². The molecule has 0 fully saturated rings. The Morgan fingerprint density at radius 3 is 2.48 bits per heavy atom. The van der Waals surface area contributed by atoms with Crippen molar-refractivity contribution in [3.05, 3.63) is 35.6 Å². The van der Waals surface area contributed by atoms with Crippen LogP contribution in [-0.2, 0) is 6.54 Å². The molecule has 0 aliphatic heterocycles. The van der Waals surface area contributed by atoms with Gasteiger partial charge in [0.1, 0.15) is 5.82 Å². The van der Waals surface area contributed by atoms with Gasteiger partial charge in [-0.1, -0.05) is 18.2 Å². The monoisotopic (exact) mass is 294 g/mol. The Bertz CT molecular complexity index is 452. The molecule has 3 N–H and O–H groups in total. The molecule has 1 aromatic rings. The van der Waals surface area contributed by atoms with Gasteiger partial charge in [0.15, 0.2) is 5.96 Å². The molecule has 1 rings (SSSR count). The molecule has 5 heteroatoms. The van der Waals surface area contributed by atoms with Crippen LogP contribution < -0.4 is 16.0 Å². The maximum atomic E-state index is 13.5. The van der Waals surface area contributed by atoms with E-state index in [1.165, 1.54) is 6.07 Å². The quantitative estimate of drug-likeness (QED) is 0.428. The lowest BCUT2D eigenvalue weighted by atomic mass is 10.1. The molecule has 0 aromatic heterocycles. The van der Waals surface area contributed by atoms with Crippen molar-refractivity contribution < 1.29 is 4.39 Å². The molecule has 0 unspecified atom stereocenters. The lowest BCUT2D eigenvalue weighted by Crippen LogP contribution is -2.44. The molecule has 0 aliphatic carbocycles. The van der Waals surface area contributed by atoms with Gasteiger partial charge < -0.3 is 16.0 Å². The van der Waals surface area contributed by atoms with Crippen LogP contribution in [0, 0.1) is 5.82 Å². The van der Waals surface area contributed by atoms with E-state index in [1.54, 1.807) is 12.1 Å². The molecule has 0 bridgehead atoms. The van der Waals surface area contributed by atoms with Gasteiger partial charge in [0.05, 0.1) is 6.54 Å². The van der Waals surface area contributed by atoms with Crippen molar-refractivity contribution in [1.29, 1.82) is 0 Å². The molecule has 0 saturated heterocycles. The zero-order valence-corrected chi connectivity index (χ0v) is 13.5. The number of hydrogen-bond acceptors (Lipinski definition) is 2. The number of guanidine groups is 1. The Labute approximate surface area is 127 Å². The van der Waals surface area contributed by atoms with Crippen LogP contribution in [0.4, 0.5) is 4.39 Å². The topological polar surface area (TPSA) is 48.5 Å². The van der Waals surface area contributed by atoms with Gasteiger partial charge in [-0.15, -0.1) is 0 Å². The summed E-state index contributed by atoms with van der Waals surface area (Å²) in [6.07, 6.45) is 0. The predicted molar refractivity (Wildman–Crippen MR) is 87.0 cm³/mol. The third kappa shape index (κ3) is 7.66. The molecule has 0 spiro atoms. The first-order valence-electron chi connectivity index (χ1n) is 7.43. The minimum Gasteiger partial charge on any atom is -0.357 e. The van der Waals surface area contributed by atoms with Gasteiger partial charge >= 0.3 is 0 Å². The number of nitrogens with zero attached hydrogens (tertiary/aromatic N) is 1. The van der Waals surface area contributed by atoms with Crippen molar-refractivity contribution in [2.45, 2.75) is 39.8 Å². The number of nitrogens with one attached hydrogen (secondary N) is 3. The van der Waals surface area contributed by atoms with Gasteiger partial charge in [-0.25, -0.2) is 9.38 Å². The van der Waals surface area contributed by atoms with Gasteiger partial charge in [0.2, 0.25) is 0 Å². The maximum absolute atomic E-state index is 13.5. The van der Waals surface area contributed by atoms with Crippen molar-refractivity contribution in [1.82, 2.24) is 16.0 Å². The molecule has 0 amide bonds. The summed E-state index contributed by atoms with van der Waals surface area (Å²) in [5, 5.41) is 9.79. The number of aliphatic imine (C=N–C) groups is 1. The number of hydrogen-bond donors (Lipinski definition) is 3. The zero-order chi connectivity index (χ0) is 15.7. The van der Waals surface area contributed by atoms with E-state index in [4.69, 9.17) is 0 Å². The second kappa shape index (κ2) is 8.62. The highest BCUT2D eigenvalue weighted by Gasteiger charge is 2.07. The molecular weight excluding hydrogens is 267 g/mol. The molecular formula is C16H27FN4. The highest BCUT2D eigenvalue weighted by molar-refractivity contribution is 5.79. The average molecular weight is 294 g/mol. The molecule has 0 heterocycles. The number of halogens is 1. The molecule has 0 atom stereocenters. The molecule has 21 heavy (non-hydrogen) atoms. The van der Waals surface area contributed by atoms with E-state index in [-0.39, 0.29) is 11.4 Å². The van der Waals surface area contributed by atoms with Crippen molar-refractivity contribution in [3.63, 3.8) is 0 Å². The summed E-state index contributed by atoms with van der Waals surface area (Å²) < 4.78 is 13.5. The maximum Gasteiger partial charge on any atom is 0.191 e. The fraction of sp³-hybridized carbons (Fsp3) is 0.562. The van der Waals surface area contributed by atoms with Crippen LogP contribution in [0.15, 0.2) is 29.3 Å². The number of benzene rings is 1. The molecule has 0 saturated carbocycles. The molecule has 0 aliphatic rings. The fourth-order valence-electron chi connectivity index (χ4n) is 1.75. The van der Waals surface area contributed by atoms with Crippen LogP contribution in [0.3, 0.4) is 0 Å². The van der Waals surface area contributed by atoms with Crippen molar-refractivity contribution in [3.8, 4) is 0 Å². The van der Waals surface area contributed by atoms with Crippen LogP contribution in [0.25, 0.3) is 0 Å². The lowest BCUT2D eigenvalue weighted by molar-refractivity contribution is 0.428. The molecule has 4 nitrogen and oxygen atoms in total. The van der Waals surface area contributed by atoms with Gasteiger partial charge in [-0.3, -0.25) is 0 Å². The van der Waals surface area contributed by atoms with Gasteiger partial charge in [-0.2, -0.15) is 0 Å². The van der Waals surface area contributed by atoms with Crippen molar-refractivity contribution >= 4 is 5.96 Å². The Morgan fingerprint density at radius 2 is 1.86 bits per heavy atom. The Balaban J connectivity index is 2.48. The minimum absolute atomic E-state index is 0.102. The summed E-state index contributed by atoms with van der Waals surface area (Å²) in [5.41, 5.74) is 0.701. The third-order valence-corrected chi connectivity index (χ3v) is 2.78. The standard InChI is InChI=1S/C16H27FN4/c1-5-18-15(19-10-11-21-16(2,3)4)20-12-13-8-6-7-9-14(13)17/h6-9,21H,5,10-12H2,1-4H3,(H2,18,19,20). The van der Waals surface area contributed by atoms with E-state index in [2.05, 4.69) is 41.7 Å². The van der Waals surface area contributed by atoms with E-state index in [9.17, 15) is 4.39 Å². The van der Waals surface area contributed by atoms with Crippen molar-refractivity contribution in [2.24, 2.45) is 4.99 Å². The van der Waals surface area contributed by atoms with Gasteiger partial charge in [0.25, 0.3) is 0 Å². The van der Waals surface area contributed by atoms with Crippen LogP contribution in [0.1, 0.15) is 33.3 Å². The van der Waals surface area contributed by atoms with E-state index in [1.807, 2.05) is 13.0 Å². The zero-order valence-electron chi connectivity index (χ0n) is 13.5. The molecule has 0 radical (unpaired) electrons. The fourth-order valence-corrected chi connectivity index (χ4v) is 1.75. The van der Waals surface area contributed by atoms with Crippen LogP contribution >= 0.6 is 0 Å². The second-order valence-electron chi connectivity index (χ2n) is 5.89. The minimum atomic E-state index is -0.216. The summed E-state index contributed by atoms with van der Waals surface area (Å²) in [6.45, 7) is 11.1. The summed E-state index contributed by atoms with van der Waals surface area (Å²) in [4.78, 5) is 4.41. The smallest absolute Gasteiger partial charge is 0.191 e. The molecule has 118 valence electrons. The van der Waals surface area contributed by atoms with Crippen molar-refractivity contribution in [2.75, 3.05) is 19.6 Å². The van der Waals surface area contributed by atoms with Crippen LogP contribution in [-0.4, -0.2) is 31.1 Å². The van der Waals surface area contributed by atoms with Gasteiger partial charge in [-0.05, 0) is 33.8 Å². The van der Waals surface area contributed by atoms with E-state index in [0.29, 0.717) is 18.1 Å².